The molecule has 12 heteroatoms. The molecule has 0 aliphatic carbocycles. The Bertz CT molecular complexity index is 1430. The molecular formula is C24H26FN3O6S2. The van der Waals surface area contributed by atoms with E-state index in [-0.39, 0.29) is 33.0 Å². The van der Waals surface area contributed by atoms with E-state index in [4.69, 9.17) is 4.74 Å². The maximum atomic E-state index is 13.4. The van der Waals surface area contributed by atoms with Gasteiger partial charge in [0.2, 0.25) is 15.9 Å². The summed E-state index contributed by atoms with van der Waals surface area (Å²) >= 11 is 0. The maximum Gasteiger partial charge on any atom is 0.264 e. The molecule has 1 amide bonds. The van der Waals surface area contributed by atoms with Crippen LogP contribution in [0.4, 0.5) is 15.8 Å². The van der Waals surface area contributed by atoms with Crippen molar-refractivity contribution in [2.24, 2.45) is 0 Å². The van der Waals surface area contributed by atoms with Crippen molar-refractivity contribution in [3.05, 3.63) is 78.6 Å². The number of hydrogen-bond donors (Lipinski definition) is 2. The number of anilines is 2. The van der Waals surface area contributed by atoms with Gasteiger partial charge in [-0.25, -0.2) is 25.9 Å². The van der Waals surface area contributed by atoms with Gasteiger partial charge in [-0.2, -0.15) is 0 Å². The lowest BCUT2D eigenvalue weighted by Crippen LogP contribution is -2.38. The Morgan fingerprint density at radius 3 is 2.14 bits per heavy atom. The van der Waals surface area contributed by atoms with Gasteiger partial charge >= 0.3 is 0 Å². The minimum atomic E-state index is -4.25. The van der Waals surface area contributed by atoms with Gasteiger partial charge in [-0.3, -0.25) is 9.10 Å². The number of methoxy groups -OCH3 is 1. The Morgan fingerprint density at radius 1 is 0.944 bits per heavy atom. The summed E-state index contributed by atoms with van der Waals surface area (Å²) in [5, 5.41) is 2.54. The van der Waals surface area contributed by atoms with Gasteiger partial charge in [-0.05, 0) is 68.4 Å². The van der Waals surface area contributed by atoms with E-state index in [0.29, 0.717) is 0 Å². The lowest BCUT2D eigenvalue weighted by molar-refractivity contribution is -0.114. The largest absolute Gasteiger partial charge is 0.495 e. The summed E-state index contributed by atoms with van der Waals surface area (Å²) in [7, 11) is -6.77. The van der Waals surface area contributed by atoms with E-state index < -0.39 is 38.3 Å². The van der Waals surface area contributed by atoms with E-state index in [1.165, 1.54) is 37.4 Å². The topological polar surface area (TPSA) is 122 Å². The number of hydrogen-bond acceptors (Lipinski definition) is 6. The van der Waals surface area contributed by atoms with Crippen LogP contribution in [0.3, 0.4) is 0 Å². The van der Waals surface area contributed by atoms with E-state index in [1.807, 2.05) is 0 Å². The third-order valence-corrected chi connectivity index (χ3v) is 8.32. The van der Waals surface area contributed by atoms with Crippen molar-refractivity contribution in [2.45, 2.75) is 29.7 Å². The normalized spacial score (nSPS) is 11.8. The van der Waals surface area contributed by atoms with Crippen LogP contribution in [0.15, 0.2) is 82.6 Å². The minimum Gasteiger partial charge on any atom is -0.495 e. The molecule has 0 heterocycles. The second-order valence-electron chi connectivity index (χ2n) is 7.99. The first kappa shape index (κ1) is 27.1. The number of halogens is 1. The van der Waals surface area contributed by atoms with Gasteiger partial charge < -0.3 is 10.1 Å². The molecule has 36 heavy (non-hydrogen) atoms. The van der Waals surface area contributed by atoms with Gasteiger partial charge in [0.1, 0.15) is 18.1 Å². The fourth-order valence-corrected chi connectivity index (χ4v) is 5.99. The van der Waals surface area contributed by atoms with Crippen molar-refractivity contribution in [1.82, 2.24) is 4.72 Å². The Hall–Kier alpha value is -3.48. The van der Waals surface area contributed by atoms with Gasteiger partial charge in [0, 0.05) is 6.04 Å². The first-order chi connectivity index (χ1) is 16.9. The zero-order valence-corrected chi connectivity index (χ0v) is 21.4. The van der Waals surface area contributed by atoms with Gasteiger partial charge in [-0.1, -0.05) is 18.2 Å². The van der Waals surface area contributed by atoms with Crippen molar-refractivity contribution in [3.63, 3.8) is 0 Å². The number of para-hydroxylation sites is 1. The number of rotatable bonds is 10. The van der Waals surface area contributed by atoms with Crippen LogP contribution in [0.25, 0.3) is 0 Å². The highest BCUT2D eigenvalue weighted by molar-refractivity contribution is 7.92. The molecule has 0 fully saturated rings. The van der Waals surface area contributed by atoms with E-state index in [2.05, 4.69) is 10.0 Å². The average molecular weight is 536 g/mol. The van der Waals surface area contributed by atoms with Crippen LogP contribution in [0.2, 0.25) is 0 Å². The smallest absolute Gasteiger partial charge is 0.264 e. The Labute approximate surface area is 210 Å². The number of amides is 1. The van der Waals surface area contributed by atoms with Crippen LogP contribution < -0.4 is 19.1 Å². The molecule has 3 aromatic carbocycles. The fourth-order valence-electron chi connectivity index (χ4n) is 3.29. The van der Waals surface area contributed by atoms with Crippen molar-refractivity contribution < 1.29 is 30.8 Å². The van der Waals surface area contributed by atoms with Crippen LogP contribution >= 0.6 is 0 Å². The average Bonchev–Trinajstić information content (AvgIpc) is 2.82. The molecule has 0 bridgehead atoms. The summed E-state index contributed by atoms with van der Waals surface area (Å²) in [5.41, 5.74) is 0.253. The molecule has 0 aliphatic heterocycles. The number of carbonyl (C=O) groups is 1. The van der Waals surface area contributed by atoms with Crippen LogP contribution in [0, 0.1) is 5.82 Å². The Kier molecular flexibility index (Phi) is 8.33. The molecule has 0 spiro atoms. The van der Waals surface area contributed by atoms with Crippen LogP contribution in [0.1, 0.15) is 13.8 Å². The molecule has 3 rings (SSSR count). The number of sulfonamides is 2. The molecule has 9 nitrogen and oxygen atoms in total. The second kappa shape index (κ2) is 11.1. The van der Waals surface area contributed by atoms with Crippen LogP contribution in [-0.4, -0.2) is 42.4 Å². The minimum absolute atomic E-state index is 0.0429. The van der Waals surface area contributed by atoms with E-state index >= 15 is 0 Å². The summed E-state index contributed by atoms with van der Waals surface area (Å²) in [5.74, 6) is -1.18. The molecule has 0 radical (unpaired) electrons. The predicted octanol–water partition coefficient (Wildman–Crippen LogP) is 3.36. The zero-order valence-electron chi connectivity index (χ0n) is 19.8. The number of nitrogens with one attached hydrogen (secondary N) is 2. The highest BCUT2D eigenvalue weighted by Gasteiger charge is 2.28. The van der Waals surface area contributed by atoms with Crippen LogP contribution in [0.5, 0.6) is 5.75 Å². The van der Waals surface area contributed by atoms with Gasteiger partial charge in [0.15, 0.2) is 0 Å². The Morgan fingerprint density at radius 2 is 1.56 bits per heavy atom. The second-order valence-corrected chi connectivity index (χ2v) is 11.6. The molecule has 192 valence electrons. The highest BCUT2D eigenvalue weighted by Crippen LogP contribution is 2.29. The van der Waals surface area contributed by atoms with E-state index in [9.17, 15) is 26.0 Å². The monoisotopic (exact) mass is 535 g/mol. The van der Waals surface area contributed by atoms with E-state index in [1.54, 1.807) is 32.0 Å². The maximum absolute atomic E-state index is 13.4. The molecule has 0 aliphatic rings. The number of carbonyl (C=O) groups excluding carboxylic acids is 1. The molecule has 0 saturated carbocycles. The Balaban J connectivity index is 1.95. The zero-order chi connectivity index (χ0) is 26.5. The van der Waals surface area contributed by atoms with Crippen molar-refractivity contribution in [1.29, 1.82) is 0 Å². The molecule has 0 atom stereocenters. The van der Waals surface area contributed by atoms with E-state index in [0.717, 1.165) is 28.6 Å². The lowest BCUT2D eigenvalue weighted by Gasteiger charge is -2.24. The predicted molar refractivity (Wildman–Crippen MR) is 134 cm³/mol. The summed E-state index contributed by atoms with van der Waals surface area (Å²) in [6.07, 6.45) is 0. The number of benzene rings is 3. The van der Waals surface area contributed by atoms with Crippen molar-refractivity contribution in [2.75, 3.05) is 23.3 Å². The quantitative estimate of drug-likeness (QED) is 0.411. The molecule has 3 aromatic rings. The summed E-state index contributed by atoms with van der Waals surface area (Å²) in [4.78, 5) is 12.7. The first-order valence-electron chi connectivity index (χ1n) is 10.8. The lowest BCUT2D eigenvalue weighted by atomic mass is 10.3. The van der Waals surface area contributed by atoms with Gasteiger partial charge in [-0.15, -0.1) is 0 Å². The third-order valence-electron chi connectivity index (χ3n) is 4.88. The van der Waals surface area contributed by atoms with Crippen LogP contribution in [-0.2, 0) is 24.8 Å². The molecule has 0 saturated heterocycles. The summed E-state index contributed by atoms with van der Waals surface area (Å²) in [6, 6.07) is 15.8. The molecule has 0 aromatic heterocycles. The summed E-state index contributed by atoms with van der Waals surface area (Å²) < 4.78 is 73.8. The number of nitrogens with zero attached hydrogens (tertiary/aromatic N) is 1. The van der Waals surface area contributed by atoms with Crippen molar-refractivity contribution >= 4 is 37.3 Å². The molecular weight excluding hydrogens is 509 g/mol. The molecule has 2 N–H and O–H groups in total. The highest BCUT2D eigenvalue weighted by atomic mass is 32.2. The number of ether oxygens (including phenoxy) is 1. The van der Waals surface area contributed by atoms with Gasteiger partial charge in [0.25, 0.3) is 10.0 Å². The SMILES string of the molecule is COc1ccc(S(=O)(=O)NC(C)C)cc1NC(=O)CN(c1ccccc1)S(=O)(=O)c1ccc(F)cc1. The van der Waals surface area contributed by atoms with Gasteiger partial charge in [0.05, 0.1) is 28.3 Å². The molecule has 0 unspecified atom stereocenters. The standard InChI is InChI=1S/C24H26FN3O6S2/c1-17(2)27-35(30,31)21-13-14-23(34-3)22(15-21)26-24(29)16-28(19-7-5-4-6-8-19)36(32,33)20-11-9-18(25)10-12-20/h4-15,17,27H,16H2,1-3H3,(H,26,29). The first-order valence-corrected chi connectivity index (χ1v) is 13.7. The third kappa shape index (κ3) is 6.39. The summed E-state index contributed by atoms with van der Waals surface area (Å²) in [6.45, 7) is 2.70. The fraction of sp³-hybridized carbons (Fsp3) is 0.208. The van der Waals surface area contributed by atoms with Crippen molar-refractivity contribution in [3.8, 4) is 5.75 Å².